The fourth-order valence-electron chi connectivity index (χ4n) is 0.740. The van der Waals surface area contributed by atoms with Crippen LogP contribution in [-0.4, -0.2) is 10.1 Å². The fourth-order valence-corrected chi connectivity index (χ4v) is 0.740. The van der Waals surface area contributed by atoms with Crippen LogP contribution in [0.15, 0.2) is 24.5 Å². The summed E-state index contributed by atoms with van der Waals surface area (Å²) < 4.78 is 0. The number of aliphatic hydroxyl groups excluding tert-OH is 1. The monoisotopic (exact) mass is 136 g/mol. The molecule has 0 aliphatic heterocycles. The van der Waals surface area contributed by atoms with E-state index >= 15 is 0 Å². The van der Waals surface area contributed by atoms with Gasteiger partial charge in [-0.2, -0.15) is 0 Å². The lowest BCUT2D eigenvalue weighted by molar-refractivity contribution is 0.180. The second-order valence-corrected chi connectivity index (χ2v) is 2.09. The molecule has 0 aliphatic carbocycles. The van der Waals surface area contributed by atoms with Crippen molar-refractivity contribution in [3.63, 3.8) is 0 Å². The van der Waals surface area contributed by atoms with Crippen LogP contribution in [-0.2, 0) is 0 Å². The molecule has 1 N–H and O–H groups in total. The molecule has 2 nitrogen and oxygen atoms in total. The maximum Gasteiger partial charge on any atom is 0.0804 e. The fraction of sp³-hybridized carbons (Fsp3) is 0.250. The first-order valence-corrected chi connectivity index (χ1v) is 3.22. The summed E-state index contributed by atoms with van der Waals surface area (Å²) in [5.41, 5.74) is 0.831. The zero-order chi connectivity index (χ0) is 7.40. The van der Waals surface area contributed by atoms with Gasteiger partial charge in [0.05, 0.1) is 6.10 Å². The first kappa shape index (κ1) is 7.22. The van der Waals surface area contributed by atoms with Gasteiger partial charge in [-0.1, -0.05) is 13.0 Å². The third-order valence-electron chi connectivity index (χ3n) is 1.34. The highest BCUT2D eigenvalue weighted by Crippen LogP contribution is 2.12. The Morgan fingerprint density at radius 2 is 2.50 bits per heavy atom. The SMILES string of the molecule is [CH2]CC(O)c1cccnc1. The minimum absolute atomic E-state index is 0.464. The zero-order valence-electron chi connectivity index (χ0n) is 5.70. The van der Waals surface area contributed by atoms with Crippen LogP contribution in [0.2, 0.25) is 0 Å². The first-order valence-electron chi connectivity index (χ1n) is 3.22. The molecule has 1 atom stereocenters. The van der Waals surface area contributed by atoms with Crippen molar-refractivity contribution in [2.75, 3.05) is 0 Å². The molecule has 10 heavy (non-hydrogen) atoms. The molecule has 0 bridgehead atoms. The Labute approximate surface area is 60.5 Å². The molecule has 0 saturated carbocycles. The van der Waals surface area contributed by atoms with Crippen LogP contribution in [0.1, 0.15) is 18.1 Å². The van der Waals surface area contributed by atoms with Gasteiger partial charge >= 0.3 is 0 Å². The summed E-state index contributed by atoms with van der Waals surface area (Å²) in [6.07, 6.45) is 3.36. The van der Waals surface area contributed by atoms with E-state index in [0.717, 1.165) is 5.56 Å². The van der Waals surface area contributed by atoms with Gasteiger partial charge in [-0.05, 0) is 18.1 Å². The minimum Gasteiger partial charge on any atom is -0.388 e. The number of hydrogen-bond acceptors (Lipinski definition) is 2. The number of hydrogen-bond donors (Lipinski definition) is 1. The van der Waals surface area contributed by atoms with Gasteiger partial charge < -0.3 is 5.11 Å². The van der Waals surface area contributed by atoms with Crippen molar-refractivity contribution < 1.29 is 5.11 Å². The van der Waals surface area contributed by atoms with Crippen molar-refractivity contribution in [2.45, 2.75) is 12.5 Å². The second-order valence-electron chi connectivity index (χ2n) is 2.09. The molecular formula is C8H10NO. The predicted octanol–water partition coefficient (Wildman–Crippen LogP) is 1.34. The number of rotatable bonds is 2. The molecule has 0 aliphatic rings. The van der Waals surface area contributed by atoms with Gasteiger partial charge in [0.1, 0.15) is 0 Å². The van der Waals surface area contributed by atoms with Gasteiger partial charge in [-0.15, -0.1) is 0 Å². The molecule has 0 fully saturated rings. The van der Waals surface area contributed by atoms with Gasteiger partial charge in [0, 0.05) is 12.4 Å². The van der Waals surface area contributed by atoms with Crippen molar-refractivity contribution >= 4 is 0 Å². The highest BCUT2D eigenvalue weighted by atomic mass is 16.3. The summed E-state index contributed by atoms with van der Waals surface area (Å²) >= 11 is 0. The summed E-state index contributed by atoms with van der Waals surface area (Å²) in [7, 11) is 0. The molecule has 1 unspecified atom stereocenters. The van der Waals surface area contributed by atoms with Crippen LogP contribution in [0.4, 0.5) is 0 Å². The van der Waals surface area contributed by atoms with Gasteiger partial charge in [0.25, 0.3) is 0 Å². The Kier molecular flexibility index (Phi) is 2.40. The largest absolute Gasteiger partial charge is 0.388 e. The molecule has 1 radical (unpaired) electrons. The predicted molar refractivity (Wildman–Crippen MR) is 39.2 cm³/mol. The number of aliphatic hydroxyl groups is 1. The van der Waals surface area contributed by atoms with Gasteiger partial charge in [-0.25, -0.2) is 0 Å². The summed E-state index contributed by atoms with van der Waals surface area (Å²) in [5.74, 6) is 0. The van der Waals surface area contributed by atoms with Gasteiger partial charge in [0.15, 0.2) is 0 Å². The van der Waals surface area contributed by atoms with Gasteiger partial charge in [0.2, 0.25) is 0 Å². The summed E-state index contributed by atoms with van der Waals surface area (Å²) in [4.78, 5) is 3.87. The quantitative estimate of drug-likeness (QED) is 0.665. The Morgan fingerprint density at radius 3 is 3.00 bits per heavy atom. The number of pyridine rings is 1. The van der Waals surface area contributed by atoms with E-state index in [-0.39, 0.29) is 0 Å². The van der Waals surface area contributed by atoms with Crippen LogP contribution in [0.5, 0.6) is 0 Å². The normalized spacial score (nSPS) is 13.0. The van der Waals surface area contributed by atoms with Crippen LogP contribution in [0, 0.1) is 6.92 Å². The number of nitrogens with zero attached hydrogens (tertiary/aromatic N) is 1. The summed E-state index contributed by atoms with van der Waals surface area (Å²) in [6, 6.07) is 3.64. The standard InChI is InChI=1S/C8H10NO/c1-2-8(10)7-4-3-5-9-6-7/h3-6,8,10H,1-2H2. The molecule has 0 aromatic carbocycles. The van der Waals surface area contributed by atoms with Crippen molar-refractivity contribution in [3.8, 4) is 0 Å². The molecule has 1 aromatic heterocycles. The van der Waals surface area contributed by atoms with E-state index < -0.39 is 6.10 Å². The molecule has 2 heteroatoms. The van der Waals surface area contributed by atoms with Crippen molar-refractivity contribution in [1.82, 2.24) is 4.98 Å². The maximum absolute atomic E-state index is 9.23. The van der Waals surface area contributed by atoms with E-state index in [1.807, 2.05) is 6.07 Å². The third-order valence-corrected chi connectivity index (χ3v) is 1.34. The van der Waals surface area contributed by atoms with E-state index in [0.29, 0.717) is 6.42 Å². The molecule has 53 valence electrons. The third kappa shape index (κ3) is 1.54. The van der Waals surface area contributed by atoms with Crippen molar-refractivity contribution in [2.24, 2.45) is 0 Å². The molecular weight excluding hydrogens is 126 g/mol. The smallest absolute Gasteiger partial charge is 0.0804 e. The summed E-state index contributed by atoms with van der Waals surface area (Å²) in [5, 5.41) is 9.23. The second kappa shape index (κ2) is 3.32. The van der Waals surface area contributed by atoms with Crippen molar-refractivity contribution in [1.29, 1.82) is 0 Å². The van der Waals surface area contributed by atoms with Crippen LogP contribution < -0.4 is 0 Å². The van der Waals surface area contributed by atoms with Crippen LogP contribution in [0.3, 0.4) is 0 Å². The lowest BCUT2D eigenvalue weighted by Gasteiger charge is -2.04. The lowest BCUT2D eigenvalue weighted by atomic mass is 10.1. The van der Waals surface area contributed by atoms with Crippen molar-refractivity contribution in [3.05, 3.63) is 37.0 Å². The van der Waals surface area contributed by atoms with E-state index in [9.17, 15) is 5.11 Å². The average Bonchev–Trinajstić information content (AvgIpc) is 2.05. The van der Waals surface area contributed by atoms with E-state index in [4.69, 9.17) is 0 Å². The van der Waals surface area contributed by atoms with Crippen LogP contribution in [0.25, 0.3) is 0 Å². The van der Waals surface area contributed by atoms with E-state index in [1.165, 1.54) is 0 Å². The molecule has 0 amide bonds. The highest BCUT2D eigenvalue weighted by Gasteiger charge is 2.01. The first-order chi connectivity index (χ1) is 4.84. The summed E-state index contributed by atoms with van der Waals surface area (Å²) in [6.45, 7) is 3.58. The maximum atomic E-state index is 9.23. The molecule has 1 aromatic rings. The number of aromatic nitrogens is 1. The Hall–Kier alpha value is -0.890. The Balaban J connectivity index is 2.75. The van der Waals surface area contributed by atoms with Gasteiger partial charge in [-0.3, -0.25) is 4.98 Å². The molecule has 0 spiro atoms. The van der Waals surface area contributed by atoms with Crippen LogP contribution >= 0.6 is 0 Å². The Morgan fingerprint density at radius 1 is 1.70 bits per heavy atom. The topological polar surface area (TPSA) is 33.1 Å². The average molecular weight is 136 g/mol. The molecule has 1 heterocycles. The van der Waals surface area contributed by atoms with E-state index in [1.54, 1.807) is 18.5 Å². The zero-order valence-corrected chi connectivity index (χ0v) is 5.70. The molecule has 1 rings (SSSR count). The Bertz CT molecular complexity index is 186. The minimum atomic E-state index is -0.464. The lowest BCUT2D eigenvalue weighted by Crippen LogP contribution is -1.94. The molecule has 0 saturated heterocycles. The van der Waals surface area contributed by atoms with E-state index in [2.05, 4.69) is 11.9 Å². The highest BCUT2D eigenvalue weighted by molar-refractivity contribution is 5.11.